The first-order chi connectivity index (χ1) is 8.10. The van der Waals surface area contributed by atoms with E-state index in [9.17, 15) is 13.2 Å². The number of hydrogen-bond donors (Lipinski definition) is 0. The minimum absolute atomic E-state index is 0.0164. The highest BCUT2D eigenvalue weighted by Gasteiger charge is 2.60. The van der Waals surface area contributed by atoms with E-state index in [1.807, 2.05) is 6.92 Å². The summed E-state index contributed by atoms with van der Waals surface area (Å²) in [6.07, 6.45) is 0. The number of hydrogen-bond acceptors (Lipinski definition) is 4. The summed E-state index contributed by atoms with van der Waals surface area (Å²) in [6.45, 7) is 4.67. The molecule has 1 aliphatic heterocycles. The van der Waals surface area contributed by atoms with Crippen LogP contribution in [-0.4, -0.2) is 33.2 Å². The molecule has 8 heteroatoms. The average molecular weight is 336 g/mol. The first-order valence-corrected chi connectivity index (χ1v) is 7.58. The normalized spacial score (nSPS) is 20.9. The molecule has 1 amide bonds. The van der Waals surface area contributed by atoms with E-state index in [0.717, 1.165) is 14.5 Å². The van der Waals surface area contributed by atoms with Crippen molar-refractivity contribution < 1.29 is 13.2 Å². The molecular weight excluding hydrogens is 322 g/mol. The van der Waals surface area contributed by atoms with Gasteiger partial charge in [-0.3, -0.25) is 9.48 Å². The summed E-state index contributed by atoms with van der Waals surface area (Å²) in [5.41, 5.74) is 1.43. The molecule has 1 aromatic heterocycles. The van der Waals surface area contributed by atoms with Gasteiger partial charge in [-0.15, -0.1) is 0 Å². The van der Waals surface area contributed by atoms with Crippen molar-refractivity contribution in [2.75, 3.05) is 0 Å². The Balaban J connectivity index is 2.35. The first kappa shape index (κ1) is 13.5. The topological polar surface area (TPSA) is 72.3 Å². The SMILES string of the molecule is Cc1nn(C)c(CN2C(=O)C(C)(C)S2(=O)=O)c1Br. The van der Waals surface area contributed by atoms with Crippen molar-refractivity contribution >= 4 is 31.9 Å². The Morgan fingerprint density at radius 3 is 2.33 bits per heavy atom. The number of nitrogens with zero attached hydrogens (tertiary/aromatic N) is 3. The fraction of sp³-hybridized carbons (Fsp3) is 0.600. The van der Waals surface area contributed by atoms with Gasteiger partial charge in [-0.2, -0.15) is 5.10 Å². The summed E-state index contributed by atoms with van der Waals surface area (Å²) in [7, 11) is -1.83. The quantitative estimate of drug-likeness (QED) is 0.806. The van der Waals surface area contributed by atoms with Gasteiger partial charge in [-0.1, -0.05) is 0 Å². The number of amides is 1. The van der Waals surface area contributed by atoms with E-state index in [4.69, 9.17) is 0 Å². The zero-order chi connectivity index (χ0) is 13.9. The van der Waals surface area contributed by atoms with Crippen LogP contribution in [0.4, 0.5) is 0 Å². The van der Waals surface area contributed by atoms with E-state index < -0.39 is 14.8 Å². The second-order valence-corrected chi connectivity index (χ2v) is 8.00. The van der Waals surface area contributed by atoms with Gasteiger partial charge < -0.3 is 0 Å². The lowest BCUT2D eigenvalue weighted by molar-refractivity contribution is -0.132. The first-order valence-electron chi connectivity index (χ1n) is 5.35. The van der Waals surface area contributed by atoms with Crippen molar-refractivity contribution in [3.63, 3.8) is 0 Å². The van der Waals surface area contributed by atoms with Crippen molar-refractivity contribution in [3.8, 4) is 0 Å². The lowest BCUT2D eigenvalue weighted by Crippen LogP contribution is -2.66. The van der Waals surface area contributed by atoms with Crippen LogP contribution in [0.25, 0.3) is 0 Å². The van der Waals surface area contributed by atoms with Crippen molar-refractivity contribution in [2.45, 2.75) is 32.1 Å². The molecule has 1 aliphatic rings. The molecule has 0 spiro atoms. The van der Waals surface area contributed by atoms with Gasteiger partial charge in [0.15, 0.2) is 4.75 Å². The summed E-state index contributed by atoms with van der Waals surface area (Å²) in [6, 6.07) is 0. The van der Waals surface area contributed by atoms with Crippen LogP contribution >= 0.6 is 15.9 Å². The number of rotatable bonds is 2. The van der Waals surface area contributed by atoms with Gasteiger partial charge in [0.05, 0.1) is 22.4 Å². The predicted octanol–water partition coefficient (Wildman–Crippen LogP) is 0.942. The van der Waals surface area contributed by atoms with Crippen LogP contribution in [0.3, 0.4) is 0 Å². The monoisotopic (exact) mass is 335 g/mol. The third-order valence-electron chi connectivity index (χ3n) is 3.23. The molecule has 0 bridgehead atoms. The summed E-state index contributed by atoms with van der Waals surface area (Å²) in [4.78, 5) is 11.8. The van der Waals surface area contributed by atoms with Crippen LogP contribution in [-0.2, 0) is 28.4 Å². The summed E-state index contributed by atoms with van der Waals surface area (Å²) >= 11 is 3.35. The second-order valence-electron chi connectivity index (χ2n) is 4.80. The van der Waals surface area contributed by atoms with Crippen LogP contribution in [0.2, 0.25) is 0 Å². The smallest absolute Gasteiger partial charge is 0.259 e. The molecule has 1 fully saturated rings. The van der Waals surface area contributed by atoms with Crippen LogP contribution in [0.15, 0.2) is 4.47 Å². The molecule has 0 aromatic carbocycles. The van der Waals surface area contributed by atoms with E-state index in [0.29, 0.717) is 5.69 Å². The summed E-state index contributed by atoms with van der Waals surface area (Å²) < 4.78 is 25.8. The van der Waals surface area contributed by atoms with E-state index in [-0.39, 0.29) is 12.5 Å². The molecule has 0 saturated carbocycles. The molecular formula is C10H14BrN3O3S. The predicted molar refractivity (Wildman–Crippen MR) is 69.2 cm³/mol. The zero-order valence-corrected chi connectivity index (χ0v) is 13.0. The standard InChI is InChI=1S/C10H14BrN3O3S/c1-6-8(11)7(13(4)12-6)5-14-9(15)10(2,3)18(14,16)17/h5H2,1-4H3. The van der Waals surface area contributed by atoms with Crippen LogP contribution in [0, 0.1) is 6.92 Å². The zero-order valence-electron chi connectivity index (χ0n) is 10.6. The molecule has 0 radical (unpaired) electrons. The Morgan fingerprint density at radius 1 is 1.39 bits per heavy atom. The fourth-order valence-corrected chi connectivity index (χ4v) is 3.85. The highest BCUT2D eigenvalue weighted by atomic mass is 79.9. The molecule has 0 atom stereocenters. The molecule has 2 rings (SSSR count). The number of halogens is 1. The van der Waals surface area contributed by atoms with Crippen LogP contribution in [0.5, 0.6) is 0 Å². The van der Waals surface area contributed by atoms with Crippen molar-refractivity contribution in [3.05, 3.63) is 15.9 Å². The maximum atomic E-state index is 12.0. The number of carbonyl (C=O) groups is 1. The number of aryl methyl sites for hydroxylation is 2. The minimum atomic E-state index is -3.55. The Bertz CT molecular complexity index is 633. The lowest BCUT2D eigenvalue weighted by atomic mass is 10.2. The Labute approximate surface area is 114 Å². The van der Waals surface area contributed by atoms with Crippen LogP contribution in [0.1, 0.15) is 25.2 Å². The largest absolute Gasteiger partial charge is 0.272 e. The van der Waals surface area contributed by atoms with E-state index in [1.165, 1.54) is 13.8 Å². The molecule has 1 aromatic rings. The van der Waals surface area contributed by atoms with E-state index in [1.54, 1.807) is 11.7 Å². The fourth-order valence-electron chi connectivity index (χ4n) is 1.90. The number of sulfonamides is 1. The lowest BCUT2D eigenvalue weighted by Gasteiger charge is -2.42. The van der Waals surface area contributed by atoms with E-state index >= 15 is 0 Å². The van der Waals surface area contributed by atoms with Crippen molar-refractivity contribution in [1.29, 1.82) is 0 Å². The summed E-state index contributed by atoms with van der Waals surface area (Å²) in [5.74, 6) is -0.381. The van der Waals surface area contributed by atoms with Gasteiger partial charge in [0.25, 0.3) is 15.9 Å². The third kappa shape index (κ3) is 1.55. The van der Waals surface area contributed by atoms with Crippen LogP contribution < -0.4 is 0 Å². The van der Waals surface area contributed by atoms with Gasteiger partial charge in [0, 0.05) is 7.05 Å². The molecule has 0 N–H and O–H groups in total. The molecule has 6 nitrogen and oxygen atoms in total. The van der Waals surface area contributed by atoms with Gasteiger partial charge in [0.2, 0.25) is 0 Å². The molecule has 0 aliphatic carbocycles. The van der Waals surface area contributed by atoms with Gasteiger partial charge in [-0.05, 0) is 36.7 Å². The molecule has 1 saturated heterocycles. The molecule has 2 heterocycles. The third-order valence-corrected chi connectivity index (χ3v) is 6.60. The molecule has 18 heavy (non-hydrogen) atoms. The Morgan fingerprint density at radius 2 is 1.94 bits per heavy atom. The maximum absolute atomic E-state index is 12.0. The average Bonchev–Trinajstić information content (AvgIpc) is 2.49. The van der Waals surface area contributed by atoms with Gasteiger partial charge >= 0.3 is 0 Å². The van der Waals surface area contributed by atoms with Gasteiger partial charge in [-0.25, -0.2) is 12.7 Å². The van der Waals surface area contributed by atoms with Gasteiger partial charge in [0.1, 0.15) is 0 Å². The van der Waals surface area contributed by atoms with Crippen molar-refractivity contribution in [1.82, 2.24) is 14.1 Å². The molecule has 0 unspecified atom stereocenters. The number of aromatic nitrogens is 2. The van der Waals surface area contributed by atoms with Crippen molar-refractivity contribution in [2.24, 2.45) is 7.05 Å². The van der Waals surface area contributed by atoms with E-state index in [2.05, 4.69) is 21.0 Å². The number of carbonyl (C=O) groups excluding carboxylic acids is 1. The highest BCUT2D eigenvalue weighted by Crippen LogP contribution is 2.37. The second kappa shape index (κ2) is 3.80. The minimum Gasteiger partial charge on any atom is -0.272 e. The Hall–Kier alpha value is -0.890. The Kier molecular flexibility index (Phi) is 2.86. The molecule has 100 valence electrons. The summed E-state index contributed by atoms with van der Waals surface area (Å²) in [5, 5.41) is 4.17. The maximum Gasteiger partial charge on any atom is 0.259 e. The highest BCUT2D eigenvalue weighted by molar-refractivity contribution is 9.10.